The van der Waals surface area contributed by atoms with Crippen LogP contribution in [0.15, 0.2) is 182 Å². The zero-order chi connectivity index (χ0) is 76.4. The number of hydrogen-bond acceptors (Lipinski definition) is 13. The predicted molar refractivity (Wildman–Crippen MR) is 409 cm³/mol. The van der Waals surface area contributed by atoms with Crippen LogP contribution in [0.1, 0.15) is 104 Å². The molecule has 6 aromatic rings. The molecule has 6 rings (SSSR count). The van der Waals surface area contributed by atoms with Gasteiger partial charge in [-0.25, -0.2) is 0 Å². The van der Waals surface area contributed by atoms with Crippen molar-refractivity contribution in [1.82, 2.24) is 29.4 Å². The summed E-state index contributed by atoms with van der Waals surface area (Å²) in [6.07, 6.45) is 0.452. The van der Waals surface area contributed by atoms with E-state index in [0.29, 0.717) is 19.3 Å². The van der Waals surface area contributed by atoms with Crippen LogP contribution < -0.4 is 0 Å². The van der Waals surface area contributed by atoms with Crippen molar-refractivity contribution in [2.24, 2.45) is 0 Å². The summed E-state index contributed by atoms with van der Waals surface area (Å²) in [5.41, 5.74) is 0. The fourth-order valence-corrected chi connectivity index (χ4v) is 13.8. The first-order chi connectivity index (χ1) is 45.3. The quantitative estimate of drug-likeness (QED) is 0.0823. The van der Waals surface area contributed by atoms with E-state index in [9.17, 15) is 57.5 Å². The Kier molecular flexibility index (Phi) is 89.1. The molecule has 0 radical (unpaired) electrons. The third-order valence-corrected chi connectivity index (χ3v) is 18.5. The molecule has 0 aromatic heterocycles. The van der Waals surface area contributed by atoms with Gasteiger partial charge >= 0.3 is 63.2 Å². The molecule has 0 aliphatic heterocycles. The van der Waals surface area contributed by atoms with E-state index < -0.39 is 16.6 Å². The topological polar surface area (TPSA) is 234 Å². The van der Waals surface area contributed by atoms with Crippen LogP contribution in [0.3, 0.4) is 0 Å². The molecule has 0 saturated heterocycles. The third kappa shape index (κ3) is 82.7. The van der Waals surface area contributed by atoms with Crippen LogP contribution in [0.5, 0.6) is 0 Å². The largest absolute Gasteiger partial charge is 2.00 e. The van der Waals surface area contributed by atoms with Crippen LogP contribution >= 0.6 is 37.2 Å². The number of halogens is 2. The number of benzene rings is 6. The molecule has 0 aliphatic carbocycles. The summed E-state index contributed by atoms with van der Waals surface area (Å²) in [6.45, 7) is 31.5. The van der Waals surface area contributed by atoms with Gasteiger partial charge in [0.2, 0.25) is 70.9 Å². The smallest absolute Gasteiger partial charge is 0.454 e. The number of rotatable bonds is 7. The van der Waals surface area contributed by atoms with E-state index >= 15 is 0 Å². The predicted octanol–water partition coefficient (Wildman–Crippen LogP) is 13.9. The standard InChI is InChI=1S/C11H25NO3Si2.2C6H11NO2.6C6H5.3C5H9NO2.I2.3W/c1-8-16(4,5)15-17(6,7)9-12(10(2)13)11(3)14;2*1-4-7(5(2)8)6(3)9;6*1-2-4-6-5-3-1;3*1-4(7)6(3)5(2)8;1-2;;;/h8-9H2,1-7H3;2*4H2,1-3H3;6*1-5H;3*1-3H3;;;;/q;;;6*-1;;;;;3*+2. The molecule has 0 aliphatic rings. The van der Waals surface area contributed by atoms with E-state index in [0.717, 1.165) is 20.7 Å². The Morgan fingerprint density at radius 3 is 0.490 bits per heavy atom. The Balaban J connectivity index is -0.000000111. The minimum atomic E-state index is -2.00. The summed E-state index contributed by atoms with van der Waals surface area (Å²) in [4.78, 5) is 133. The molecule has 0 atom stereocenters. The van der Waals surface area contributed by atoms with Gasteiger partial charge in [0.1, 0.15) is 0 Å². The number of nitrogens with zero attached hydrogens (tertiary/aromatic N) is 6. The van der Waals surface area contributed by atoms with Gasteiger partial charge in [0, 0.05) is 161 Å². The maximum atomic E-state index is 11.4. The van der Waals surface area contributed by atoms with Crippen LogP contribution in [-0.4, -0.2) is 157 Å². The van der Waals surface area contributed by atoms with Crippen molar-refractivity contribution in [3.05, 3.63) is 218 Å². The monoisotopic (exact) mass is 2150 g/mol. The molecule has 26 heteroatoms. The van der Waals surface area contributed by atoms with Gasteiger partial charge in [-0.3, -0.25) is 86.9 Å². The van der Waals surface area contributed by atoms with Crippen LogP contribution in [-0.2, 0) is 125 Å². The molecule has 0 unspecified atom stereocenters. The average Bonchev–Trinajstić information content (AvgIpc) is 0.849. The summed E-state index contributed by atoms with van der Waals surface area (Å²) in [5.74, 6) is -2.50. The van der Waals surface area contributed by atoms with Gasteiger partial charge in [-0.05, 0) is 46.1 Å². The van der Waals surface area contributed by atoms with Gasteiger partial charge in [-0.1, -0.05) is 6.92 Å². The molecule has 0 saturated carbocycles. The van der Waals surface area contributed by atoms with E-state index in [-0.39, 0.29) is 134 Å². The van der Waals surface area contributed by atoms with Crippen LogP contribution in [0.4, 0.5) is 0 Å². The summed E-state index contributed by atoms with van der Waals surface area (Å²) in [5, 5.41) is 0. The van der Waals surface area contributed by atoms with Crippen molar-refractivity contribution >= 4 is 125 Å². The van der Waals surface area contributed by atoms with Gasteiger partial charge in [0.05, 0.1) is 0 Å². The molecule has 0 spiro atoms. The van der Waals surface area contributed by atoms with Gasteiger partial charge in [-0.15, -0.1) is 0 Å². The molecule has 6 aromatic carbocycles. The van der Waals surface area contributed by atoms with Crippen LogP contribution in [0.25, 0.3) is 0 Å². The fraction of sp³-hybridized carbons (Fsp3) is 0.351. The number of amides is 12. The Morgan fingerprint density at radius 2 is 0.430 bits per heavy atom. The van der Waals surface area contributed by atoms with E-state index in [1.54, 1.807) is 13.8 Å². The maximum absolute atomic E-state index is 11.4. The Labute approximate surface area is 667 Å². The summed E-state index contributed by atoms with van der Waals surface area (Å²) < 4.78 is 6.24. The van der Waals surface area contributed by atoms with Gasteiger partial charge in [-0.2, -0.15) is 218 Å². The number of carbonyl (C=O) groups excluding carboxylic acids is 12. The van der Waals surface area contributed by atoms with E-state index in [2.05, 4.69) is 107 Å². The Morgan fingerprint density at radius 1 is 0.280 bits per heavy atom. The normalized spacial score (nSPS) is 8.64. The Hall–Kier alpha value is -5.92. The average molecular weight is 2150 g/mol. The van der Waals surface area contributed by atoms with Crippen molar-refractivity contribution in [3.63, 3.8) is 0 Å². The first kappa shape index (κ1) is 115. The first-order valence-corrected chi connectivity index (χ1v) is 42.8. The molecule has 19 nitrogen and oxygen atoms in total. The van der Waals surface area contributed by atoms with Crippen LogP contribution in [0, 0.1) is 36.4 Å². The molecule has 548 valence electrons. The van der Waals surface area contributed by atoms with Crippen molar-refractivity contribution in [3.8, 4) is 0 Å². The van der Waals surface area contributed by atoms with Crippen molar-refractivity contribution in [1.29, 1.82) is 0 Å². The van der Waals surface area contributed by atoms with Gasteiger partial charge in [0.25, 0.3) is 0 Å². The first-order valence-electron chi connectivity index (χ1n) is 30.3. The molecule has 0 bridgehead atoms. The van der Waals surface area contributed by atoms with E-state index in [1.807, 2.05) is 182 Å². The maximum Gasteiger partial charge on any atom is 2.00 e. The molecule has 0 heterocycles. The molecule has 0 N–H and O–H groups in total. The van der Waals surface area contributed by atoms with Crippen molar-refractivity contribution < 1.29 is 125 Å². The van der Waals surface area contributed by atoms with Gasteiger partial charge < -0.3 is 4.12 Å². The SMILES string of the molecule is CC(=O)N(C)C(C)=O.CC(=O)N(C)C(C)=O.CC(=O)N(C)C(C)=O.CCN(C(C)=O)C(C)=O.CCN(C(C)=O)C(C)=O.CC[Si](C)(C)O[Si](C)(C)CN(C(C)=O)C(C)=O.II.[W+2].[W+2].[W+2].[c-]1ccccc1.[c-]1ccccc1.[c-]1ccccc1.[c-]1ccccc1.[c-]1ccccc1.[c-]1ccccc1. The minimum absolute atomic E-state index is 0. The summed E-state index contributed by atoms with van der Waals surface area (Å²) >= 11 is 4.24. The van der Waals surface area contributed by atoms with E-state index in [1.165, 1.54) is 119 Å². The second-order valence-electron chi connectivity index (χ2n) is 20.4. The molecule has 0 fully saturated rings. The number of imide groups is 6. The second kappa shape index (κ2) is 77.2. The zero-order valence-corrected chi connectivity index (χ0v) is 77.2. The fourth-order valence-electron chi connectivity index (χ4n) is 5.73. The molecule has 100 heavy (non-hydrogen) atoms. The Bertz CT molecular complexity index is 2410. The van der Waals surface area contributed by atoms with Crippen LogP contribution in [0.2, 0.25) is 32.2 Å². The van der Waals surface area contributed by atoms with Crippen molar-refractivity contribution in [2.75, 3.05) is 40.4 Å². The molecule has 12 amide bonds. The molecular formula is C74H104I2N6O13Si2W3. The third-order valence-electron chi connectivity index (χ3n) is 11.3. The minimum Gasteiger partial charge on any atom is -0.454 e. The van der Waals surface area contributed by atoms with Gasteiger partial charge in [0.15, 0.2) is 16.6 Å². The van der Waals surface area contributed by atoms with E-state index in [4.69, 9.17) is 4.12 Å². The summed E-state index contributed by atoms with van der Waals surface area (Å²) in [6, 6.07) is 76.0. The number of carbonyl (C=O) groups is 12. The van der Waals surface area contributed by atoms with Crippen molar-refractivity contribution in [2.45, 2.75) is 136 Å². The number of hydrogen-bond donors (Lipinski definition) is 0. The summed E-state index contributed by atoms with van der Waals surface area (Å²) in [7, 11) is 0.708. The zero-order valence-electron chi connectivity index (χ0n) is 62.1. The molecular weight excluding hydrogens is 2040 g/mol. The second-order valence-corrected chi connectivity index (χ2v) is 29.3.